The van der Waals surface area contributed by atoms with Gasteiger partial charge in [0.1, 0.15) is 0 Å². The number of pyridine rings is 1. The summed E-state index contributed by atoms with van der Waals surface area (Å²) < 4.78 is 12.1. The Morgan fingerprint density at radius 2 is 1.71 bits per heavy atom. The SMILES string of the molecule is CCCCCCC1COC(c2ccc(-c3ccc(CCCCC)nc3)s2)OC1. The molecule has 0 aliphatic carbocycles. The summed E-state index contributed by atoms with van der Waals surface area (Å²) in [4.78, 5) is 7.04. The van der Waals surface area contributed by atoms with E-state index in [1.807, 2.05) is 6.20 Å². The van der Waals surface area contributed by atoms with Gasteiger partial charge in [0.05, 0.1) is 18.1 Å². The number of hydrogen-bond donors (Lipinski definition) is 0. The monoisotopic (exact) mass is 401 g/mol. The van der Waals surface area contributed by atoms with Crippen LogP contribution in [0.4, 0.5) is 0 Å². The van der Waals surface area contributed by atoms with Crippen molar-refractivity contribution in [3.05, 3.63) is 41.0 Å². The maximum Gasteiger partial charge on any atom is 0.193 e. The average Bonchev–Trinajstić information content (AvgIpc) is 3.23. The van der Waals surface area contributed by atoms with Crippen LogP contribution in [0.25, 0.3) is 10.4 Å². The average molecular weight is 402 g/mol. The van der Waals surface area contributed by atoms with Crippen LogP contribution >= 0.6 is 11.3 Å². The molecule has 3 rings (SSSR count). The predicted octanol–water partition coefficient (Wildman–Crippen LogP) is 7.17. The molecular formula is C24H35NO2S. The lowest BCUT2D eigenvalue weighted by molar-refractivity contribution is -0.204. The summed E-state index contributed by atoms with van der Waals surface area (Å²) in [5, 5.41) is 0. The number of nitrogens with zero attached hydrogens (tertiary/aromatic N) is 1. The first kappa shape index (κ1) is 21.5. The Labute approximate surface area is 174 Å². The molecule has 2 aromatic heterocycles. The highest BCUT2D eigenvalue weighted by atomic mass is 32.1. The van der Waals surface area contributed by atoms with Crippen LogP contribution in [0, 0.1) is 5.92 Å². The first-order valence-electron chi connectivity index (χ1n) is 11.1. The van der Waals surface area contributed by atoms with Crippen molar-refractivity contribution in [3.63, 3.8) is 0 Å². The molecule has 1 fully saturated rings. The molecule has 0 bridgehead atoms. The summed E-state index contributed by atoms with van der Waals surface area (Å²) in [6.45, 7) is 6.12. The summed E-state index contributed by atoms with van der Waals surface area (Å²) in [7, 11) is 0. The van der Waals surface area contributed by atoms with E-state index >= 15 is 0 Å². The molecule has 0 unspecified atom stereocenters. The summed E-state index contributed by atoms with van der Waals surface area (Å²) in [5.41, 5.74) is 2.37. The predicted molar refractivity (Wildman–Crippen MR) is 118 cm³/mol. The molecule has 0 saturated carbocycles. The molecule has 1 aliphatic heterocycles. The van der Waals surface area contributed by atoms with Gasteiger partial charge in [0, 0.05) is 28.2 Å². The van der Waals surface area contributed by atoms with Gasteiger partial charge in [0.2, 0.25) is 0 Å². The van der Waals surface area contributed by atoms with E-state index in [1.54, 1.807) is 11.3 Å². The van der Waals surface area contributed by atoms with Crippen LogP contribution in [0.15, 0.2) is 30.5 Å². The van der Waals surface area contributed by atoms with Crippen molar-refractivity contribution in [3.8, 4) is 10.4 Å². The summed E-state index contributed by atoms with van der Waals surface area (Å²) in [5.74, 6) is 0.553. The third-order valence-electron chi connectivity index (χ3n) is 5.44. The molecule has 3 heterocycles. The van der Waals surface area contributed by atoms with Gasteiger partial charge in [-0.05, 0) is 37.5 Å². The fourth-order valence-electron chi connectivity index (χ4n) is 3.64. The van der Waals surface area contributed by atoms with E-state index in [1.165, 1.54) is 67.5 Å². The molecule has 154 valence electrons. The Kier molecular flexibility index (Phi) is 8.97. The van der Waals surface area contributed by atoms with Gasteiger partial charge in [-0.1, -0.05) is 58.4 Å². The summed E-state index contributed by atoms with van der Waals surface area (Å²) >= 11 is 1.76. The summed E-state index contributed by atoms with van der Waals surface area (Å²) in [6, 6.07) is 8.67. The maximum atomic E-state index is 6.03. The second-order valence-electron chi connectivity index (χ2n) is 7.91. The normalized spacial score (nSPS) is 19.8. The minimum atomic E-state index is -0.202. The number of hydrogen-bond acceptors (Lipinski definition) is 4. The molecule has 1 saturated heterocycles. The Morgan fingerprint density at radius 1 is 0.929 bits per heavy atom. The van der Waals surface area contributed by atoms with E-state index in [2.05, 4.69) is 43.1 Å². The lowest BCUT2D eigenvalue weighted by Gasteiger charge is -2.28. The van der Waals surface area contributed by atoms with Gasteiger partial charge in [-0.3, -0.25) is 4.98 Å². The lowest BCUT2D eigenvalue weighted by atomic mass is 10.0. The van der Waals surface area contributed by atoms with Crippen molar-refractivity contribution in [2.24, 2.45) is 5.92 Å². The third-order valence-corrected chi connectivity index (χ3v) is 6.59. The highest BCUT2D eigenvalue weighted by molar-refractivity contribution is 7.15. The molecular weight excluding hydrogens is 366 g/mol. The number of unbranched alkanes of at least 4 members (excludes halogenated alkanes) is 5. The number of rotatable bonds is 11. The van der Waals surface area contributed by atoms with Gasteiger partial charge in [-0.25, -0.2) is 0 Å². The lowest BCUT2D eigenvalue weighted by Crippen LogP contribution is -2.26. The molecule has 0 N–H and O–H groups in total. The molecule has 0 radical (unpaired) electrons. The van der Waals surface area contributed by atoms with E-state index < -0.39 is 0 Å². The standard InChI is InChI=1S/C24H35NO2S/c1-3-5-7-9-10-19-17-26-24(27-18-19)23-15-14-22(28-23)20-12-13-21(25-16-20)11-8-6-4-2/h12-16,19,24H,3-11,17-18H2,1-2H3. The van der Waals surface area contributed by atoms with Crippen molar-refractivity contribution < 1.29 is 9.47 Å². The van der Waals surface area contributed by atoms with Crippen LogP contribution in [0.1, 0.15) is 82.1 Å². The number of ether oxygens (including phenoxy) is 2. The fourth-order valence-corrected chi connectivity index (χ4v) is 4.64. The van der Waals surface area contributed by atoms with E-state index in [9.17, 15) is 0 Å². The van der Waals surface area contributed by atoms with Gasteiger partial charge in [0.15, 0.2) is 6.29 Å². The molecule has 3 nitrogen and oxygen atoms in total. The van der Waals surface area contributed by atoms with Gasteiger partial charge >= 0.3 is 0 Å². The molecule has 28 heavy (non-hydrogen) atoms. The van der Waals surface area contributed by atoms with Crippen molar-refractivity contribution in [2.45, 2.75) is 77.9 Å². The van der Waals surface area contributed by atoms with Crippen LogP contribution in [0.5, 0.6) is 0 Å². The zero-order valence-corrected chi connectivity index (χ0v) is 18.3. The second-order valence-corrected chi connectivity index (χ2v) is 9.03. The topological polar surface area (TPSA) is 31.4 Å². The molecule has 0 amide bonds. The van der Waals surface area contributed by atoms with Gasteiger partial charge < -0.3 is 9.47 Å². The zero-order valence-electron chi connectivity index (χ0n) is 17.5. The van der Waals surface area contributed by atoms with E-state index in [0.717, 1.165) is 24.5 Å². The van der Waals surface area contributed by atoms with E-state index in [-0.39, 0.29) is 6.29 Å². The maximum absolute atomic E-state index is 6.03. The van der Waals surface area contributed by atoms with Gasteiger partial charge in [-0.2, -0.15) is 0 Å². The van der Waals surface area contributed by atoms with Crippen LogP contribution in [-0.2, 0) is 15.9 Å². The van der Waals surface area contributed by atoms with Crippen molar-refractivity contribution in [1.82, 2.24) is 4.98 Å². The number of aromatic nitrogens is 1. The summed E-state index contributed by atoms with van der Waals surface area (Å²) in [6.07, 6.45) is 13.1. The number of thiophene rings is 1. The fraction of sp³-hybridized carbons (Fsp3) is 0.625. The second kappa shape index (κ2) is 11.7. The Hall–Kier alpha value is -1.23. The van der Waals surface area contributed by atoms with Crippen LogP contribution < -0.4 is 0 Å². The first-order valence-corrected chi connectivity index (χ1v) is 11.9. The molecule has 4 heteroatoms. The third kappa shape index (κ3) is 6.40. The Bertz CT molecular complexity index is 674. The quantitative estimate of drug-likeness (QED) is 0.374. The Morgan fingerprint density at radius 3 is 2.43 bits per heavy atom. The zero-order chi connectivity index (χ0) is 19.6. The van der Waals surface area contributed by atoms with E-state index in [0.29, 0.717) is 5.92 Å². The van der Waals surface area contributed by atoms with Crippen LogP contribution in [0.2, 0.25) is 0 Å². The molecule has 1 aliphatic rings. The van der Waals surface area contributed by atoms with Crippen LogP contribution in [-0.4, -0.2) is 18.2 Å². The molecule has 0 aromatic carbocycles. The minimum absolute atomic E-state index is 0.202. The number of aryl methyl sites for hydroxylation is 1. The van der Waals surface area contributed by atoms with Crippen LogP contribution in [0.3, 0.4) is 0 Å². The molecule has 2 aromatic rings. The minimum Gasteiger partial charge on any atom is -0.347 e. The molecule has 0 atom stereocenters. The first-order chi connectivity index (χ1) is 13.8. The van der Waals surface area contributed by atoms with Crippen molar-refractivity contribution in [1.29, 1.82) is 0 Å². The molecule has 0 spiro atoms. The van der Waals surface area contributed by atoms with Crippen molar-refractivity contribution in [2.75, 3.05) is 13.2 Å². The van der Waals surface area contributed by atoms with Gasteiger partial charge in [0.25, 0.3) is 0 Å². The highest BCUT2D eigenvalue weighted by Gasteiger charge is 2.24. The smallest absolute Gasteiger partial charge is 0.193 e. The Balaban J connectivity index is 1.48. The van der Waals surface area contributed by atoms with Gasteiger partial charge in [-0.15, -0.1) is 11.3 Å². The van der Waals surface area contributed by atoms with E-state index in [4.69, 9.17) is 9.47 Å². The van der Waals surface area contributed by atoms with Crippen molar-refractivity contribution >= 4 is 11.3 Å². The highest BCUT2D eigenvalue weighted by Crippen LogP contribution is 2.35. The largest absolute Gasteiger partial charge is 0.347 e.